The first-order valence-electron chi connectivity index (χ1n) is 6.53. The fourth-order valence-electron chi connectivity index (χ4n) is 2.48. The minimum atomic E-state index is -0.572. The van der Waals surface area contributed by atoms with Crippen molar-refractivity contribution in [3.05, 3.63) is 11.9 Å². The molecule has 0 atom stereocenters. The molecule has 0 amide bonds. The normalized spacial score (nSPS) is 19.4. The maximum Gasteiger partial charge on any atom is 0.0843 e. The molecule has 0 radical (unpaired) electrons. The molecule has 0 saturated heterocycles. The standard InChI is InChI=1S/C12H22N4O/c13-8-4-5-11-9-16(15-14-11)10-12(17)6-2-1-3-7-12/h9,17H,1-8,10,13H2. The van der Waals surface area contributed by atoms with E-state index >= 15 is 0 Å². The molecule has 96 valence electrons. The minimum absolute atomic E-state index is 0.572. The van der Waals surface area contributed by atoms with E-state index in [0.29, 0.717) is 13.1 Å². The molecule has 1 aromatic rings. The molecule has 2 rings (SSSR count). The van der Waals surface area contributed by atoms with Crippen molar-refractivity contribution >= 4 is 0 Å². The highest BCUT2D eigenvalue weighted by Crippen LogP contribution is 2.29. The number of nitrogens with zero attached hydrogens (tertiary/aromatic N) is 3. The first kappa shape index (κ1) is 12.5. The summed E-state index contributed by atoms with van der Waals surface area (Å²) in [5.74, 6) is 0. The summed E-state index contributed by atoms with van der Waals surface area (Å²) in [5.41, 5.74) is 5.85. The fourth-order valence-corrected chi connectivity index (χ4v) is 2.48. The number of rotatable bonds is 5. The van der Waals surface area contributed by atoms with Crippen molar-refractivity contribution < 1.29 is 5.11 Å². The summed E-state index contributed by atoms with van der Waals surface area (Å²) in [6, 6.07) is 0. The second-order valence-corrected chi connectivity index (χ2v) is 5.08. The molecule has 1 fully saturated rings. The van der Waals surface area contributed by atoms with Gasteiger partial charge in [0.2, 0.25) is 0 Å². The van der Waals surface area contributed by atoms with Crippen molar-refractivity contribution in [1.29, 1.82) is 0 Å². The average Bonchev–Trinajstić information content (AvgIpc) is 2.74. The molecule has 0 spiro atoms. The molecule has 1 heterocycles. The van der Waals surface area contributed by atoms with E-state index in [9.17, 15) is 5.11 Å². The van der Waals surface area contributed by atoms with Gasteiger partial charge < -0.3 is 10.8 Å². The predicted octanol–water partition coefficient (Wildman–Crippen LogP) is 0.865. The smallest absolute Gasteiger partial charge is 0.0843 e. The highest BCUT2D eigenvalue weighted by molar-refractivity contribution is 4.94. The lowest BCUT2D eigenvalue weighted by Gasteiger charge is -2.31. The first-order valence-corrected chi connectivity index (χ1v) is 6.53. The number of hydrogen-bond donors (Lipinski definition) is 2. The minimum Gasteiger partial charge on any atom is -0.388 e. The molecule has 0 aromatic carbocycles. The Morgan fingerprint density at radius 1 is 1.35 bits per heavy atom. The summed E-state index contributed by atoms with van der Waals surface area (Å²) >= 11 is 0. The average molecular weight is 238 g/mol. The molecular formula is C12H22N4O. The Morgan fingerprint density at radius 2 is 2.12 bits per heavy atom. The monoisotopic (exact) mass is 238 g/mol. The molecule has 0 unspecified atom stereocenters. The third-order valence-corrected chi connectivity index (χ3v) is 3.46. The van der Waals surface area contributed by atoms with E-state index in [1.165, 1.54) is 6.42 Å². The SMILES string of the molecule is NCCCc1cn(CC2(O)CCCCC2)nn1. The van der Waals surface area contributed by atoms with Crippen molar-refractivity contribution in [2.24, 2.45) is 5.73 Å². The molecule has 5 nitrogen and oxygen atoms in total. The Hall–Kier alpha value is -0.940. The van der Waals surface area contributed by atoms with Gasteiger partial charge in [0.1, 0.15) is 0 Å². The van der Waals surface area contributed by atoms with Gasteiger partial charge in [0.25, 0.3) is 0 Å². The molecule has 1 aromatic heterocycles. The van der Waals surface area contributed by atoms with Gasteiger partial charge in [-0.3, -0.25) is 0 Å². The highest BCUT2D eigenvalue weighted by atomic mass is 16.3. The van der Waals surface area contributed by atoms with Crippen LogP contribution in [0.3, 0.4) is 0 Å². The van der Waals surface area contributed by atoms with Gasteiger partial charge in [-0.15, -0.1) is 5.10 Å². The number of aromatic nitrogens is 3. The van der Waals surface area contributed by atoms with Gasteiger partial charge in [-0.05, 0) is 32.2 Å². The second-order valence-electron chi connectivity index (χ2n) is 5.08. The number of hydrogen-bond acceptors (Lipinski definition) is 4. The van der Waals surface area contributed by atoms with Crippen LogP contribution in [0.15, 0.2) is 6.20 Å². The highest BCUT2D eigenvalue weighted by Gasteiger charge is 2.29. The first-order chi connectivity index (χ1) is 8.22. The van der Waals surface area contributed by atoms with Crippen LogP contribution in [0.4, 0.5) is 0 Å². The predicted molar refractivity (Wildman–Crippen MR) is 65.4 cm³/mol. The van der Waals surface area contributed by atoms with Gasteiger partial charge in [-0.1, -0.05) is 24.5 Å². The van der Waals surface area contributed by atoms with Gasteiger partial charge in [-0.2, -0.15) is 0 Å². The zero-order chi connectivity index (χ0) is 12.1. The lowest BCUT2D eigenvalue weighted by atomic mass is 9.85. The zero-order valence-electron chi connectivity index (χ0n) is 10.3. The lowest BCUT2D eigenvalue weighted by molar-refractivity contribution is -0.0146. The summed E-state index contributed by atoms with van der Waals surface area (Å²) < 4.78 is 1.77. The third kappa shape index (κ3) is 3.51. The Balaban J connectivity index is 1.91. The second kappa shape index (κ2) is 5.60. The van der Waals surface area contributed by atoms with Crippen LogP contribution in [-0.4, -0.2) is 32.2 Å². The summed E-state index contributed by atoms with van der Waals surface area (Å²) in [6.07, 6.45) is 8.97. The lowest BCUT2D eigenvalue weighted by Crippen LogP contribution is -2.36. The maximum absolute atomic E-state index is 10.4. The molecule has 0 aliphatic heterocycles. The topological polar surface area (TPSA) is 77.0 Å². The van der Waals surface area contributed by atoms with Gasteiger partial charge >= 0.3 is 0 Å². The van der Waals surface area contributed by atoms with Crippen LogP contribution in [-0.2, 0) is 13.0 Å². The molecule has 3 N–H and O–H groups in total. The van der Waals surface area contributed by atoms with Crippen molar-refractivity contribution in [3.63, 3.8) is 0 Å². The van der Waals surface area contributed by atoms with Crippen LogP contribution in [0.5, 0.6) is 0 Å². The van der Waals surface area contributed by atoms with E-state index in [-0.39, 0.29) is 0 Å². The van der Waals surface area contributed by atoms with Crippen molar-refractivity contribution in [2.75, 3.05) is 6.54 Å². The molecule has 1 saturated carbocycles. The van der Waals surface area contributed by atoms with E-state index in [2.05, 4.69) is 10.3 Å². The van der Waals surface area contributed by atoms with Crippen molar-refractivity contribution in [3.8, 4) is 0 Å². The molecule has 1 aliphatic carbocycles. The summed E-state index contributed by atoms with van der Waals surface area (Å²) in [5, 5.41) is 18.6. The quantitative estimate of drug-likeness (QED) is 0.797. The largest absolute Gasteiger partial charge is 0.388 e. The van der Waals surface area contributed by atoms with E-state index in [1.54, 1.807) is 4.68 Å². The Labute approximate surface area is 102 Å². The summed E-state index contributed by atoms with van der Waals surface area (Å²) in [7, 11) is 0. The van der Waals surface area contributed by atoms with Crippen LogP contribution >= 0.6 is 0 Å². The Bertz CT molecular complexity index is 344. The zero-order valence-corrected chi connectivity index (χ0v) is 10.3. The van der Waals surface area contributed by atoms with Crippen molar-refractivity contribution in [1.82, 2.24) is 15.0 Å². The van der Waals surface area contributed by atoms with Crippen molar-refractivity contribution in [2.45, 2.75) is 57.1 Å². The van der Waals surface area contributed by atoms with Crippen LogP contribution in [0.25, 0.3) is 0 Å². The molecular weight excluding hydrogens is 216 g/mol. The van der Waals surface area contributed by atoms with Crippen LogP contribution in [0.1, 0.15) is 44.2 Å². The summed E-state index contributed by atoms with van der Waals surface area (Å²) in [4.78, 5) is 0. The molecule has 5 heteroatoms. The molecule has 17 heavy (non-hydrogen) atoms. The summed E-state index contributed by atoms with van der Waals surface area (Å²) in [6.45, 7) is 1.25. The Morgan fingerprint density at radius 3 is 2.82 bits per heavy atom. The van der Waals surface area contributed by atoms with Crippen LogP contribution in [0, 0.1) is 0 Å². The number of aliphatic hydroxyl groups is 1. The number of nitrogens with two attached hydrogens (primary N) is 1. The van der Waals surface area contributed by atoms with Crippen LogP contribution in [0.2, 0.25) is 0 Å². The van der Waals surface area contributed by atoms with Gasteiger partial charge in [0.05, 0.1) is 17.8 Å². The van der Waals surface area contributed by atoms with Gasteiger partial charge in [0.15, 0.2) is 0 Å². The van der Waals surface area contributed by atoms with E-state index < -0.39 is 5.60 Å². The van der Waals surface area contributed by atoms with E-state index in [0.717, 1.165) is 44.2 Å². The van der Waals surface area contributed by atoms with Crippen LogP contribution < -0.4 is 5.73 Å². The Kier molecular flexibility index (Phi) is 4.12. The van der Waals surface area contributed by atoms with E-state index in [1.807, 2.05) is 6.20 Å². The van der Waals surface area contributed by atoms with Gasteiger partial charge in [-0.25, -0.2) is 4.68 Å². The van der Waals surface area contributed by atoms with Gasteiger partial charge in [0, 0.05) is 6.20 Å². The van der Waals surface area contributed by atoms with E-state index in [4.69, 9.17) is 5.73 Å². The molecule has 0 bridgehead atoms. The molecule has 1 aliphatic rings. The third-order valence-electron chi connectivity index (χ3n) is 3.46. The number of aryl methyl sites for hydroxylation is 1. The fraction of sp³-hybridized carbons (Fsp3) is 0.833. The maximum atomic E-state index is 10.4.